The Morgan fingerprint density at radius 3 is 0.860 bits per heavy atom. The predicted molar refractivity (Wildman–Crippen MR) is 208 cm³/mol. The van der Waals surface area contributed by atoms with E-state index in [1.807, 2.05) is 97.1 Å². The first-order chi connectivity index (χ1) is 24.7. The summed E-state index contributed by atoms with van der Waals surface area (Å²) in [6.45, 7) is 0. The molecule has 0 atom stereocenters. The summed E-state index contributed by atoms with van der Waals surface area (Å²) in [7, 11) is 0. The highest BCUT2D eigenvalue weighted by molar-refractivity contribution is 6.11. The molecule has 0 fully saturated rings. The van der Waals surface area contributed by atoms with Gasteiger partial charge >= 0.3 is 0 Å². The molecule has 0 spiro atoms. The van der Waals surface area contributed by atoms with Crippen molar-refractivity contribution in [3.05, 3.63) is 194 Å². The summed E-state index contributed by atoms with van der Waals surface area (Å²) in [4.78, 5) is 0. The molecule has 0 aromatic heterocycles. The lowest BCUT2D eigenvalue weighted by Gasteiger charge is -2.26. The Morgan fingerprint density at radius 2 is 0.460 bits per heavy atom. The first kappa shape index (κ1) is 30.7. The van der Waals surface area contributed by atoms with Gasteiger partial charge in [-0.05, 0) is 55.6 Å². The molecule has 0 aliphatic rings. The molecule has 8 aromatic rings. The van der Waals surface area contributed by atoms with Gasteiger partial charge in [0.2, 0.25) is 0 Å². The zero-order valence-electron chi connectivity index (χ0n) is 27.4. The minimum atomic E-state index is -0.161. The largest absolute Gasteiger partial charge is 0.504 e. The Hall–Kier alpha value is -6.64. The normalized spacial score (nSPS) is 11.0. The van der Waals surface area contributed by atoms with Gasteiger partial charge in [0.05, 0.1) is 0 Å². The molecule has 0 amide bonds. The van der Waals surface area contributed by atoms with Crippen LogP contribution in [0, 0.1) is 0 Å². The molecule has 238 valence electrons. The average Bonchev–Trinajstić information content (AvgIpc) is 3.20. The lowest BCUT2D eigenvalue weighted by atomic mass is 9.77. The smallest absolute Gasteiger partial charge is 0.166 e. The summed E-state index contributed by atoms with van der Waals surface area (Å²) in [5, 5.41) is 24.7. The van der Waals surface area contributed by atoms with Gasteiger partial charge in [0, 0.05) is 22.3 Å². The van der Waals surface area contributed by atoms with E-state index in [-0.39, 0.29) is 11.5 Å². The maximum Gasteiger partial charge on any atom is 0.166 e. The van der Waals surface area contributed by atoms with E-state index in [4.69, 9.17) is 0 Å². The van der Waals surface area contributed by atoms with Crippen LogP contribution in [-0.2, 0) is 0 Å². The molecule has 2 heteroatoms. The Kier molecular flexibility index (Phi) is 8.26. The molecule has 0 radical (unpaired) electrons. The maximum absolute atomic E-state index is 12.5. The molecule has 0 bridgehead atoms. The molecule has 0 saturated heterocycles. The standard InChI is InChI=1S/C48H34O2/c49-47-45(38-29-17-6-18-30-38)43(36-25-13-4-14-26-36)44(37-27-15-5-16-28-37)46(48(47)50)40-32-31-39(33-19-7-1-8-20-33)41(34-21-9-2-10-22-34)42(40)35-23-11-3-12-24-35/h1-32,49-50H. The number of hydrogen-bond donors (Lipinski definition) is 2. The zero-order valence-corrected chi connectivity index (χ0v) is 27.4. The summed E-state index contributed by atoms with van der Waals surface area (Å²) in [5.74, 6) is -0.316. The Morgan fingerprint density at radius 1 is 0.200 bits per heavy atom. The predicted octanol–water partition coefficient (Wildman–Crippen LogP) is 12.8. The number of benzene rings is 8. The molecule has 8 aromatic carbocycles. The summed E-state index contributed by atoms with van der Waals surface area (Å²) >= 11 is 0. The van der Waals surface area contributed by atoms with Gasteiger partial charge in [-0.2, -0.15) is 0 Å². The van der Waals surface area contributed by atoms with Crippen molar-refractivity contribution in [2.75, 3.05) is 0 Å². The number of aromatic hydroxyl groups is 2. The third-order valence-corrected chi connectivity index (χ3v) is 9.32. The van der Waals surface area contributed by atoms with Gasteiger partial charge in [-0.1, -0.05) is 194 Å². The van der Waals surface area contributed by atoms with E-state index in [1.165, 1.54) is 0 Å². The minimum Gasteiger partial charge on any atom is -0.504 e. The van der Waals surface area contributed by atoms with Crippen molar-refractivity contribution in [3.63, 3.8) is 0 Å². The van der Waals surface area contributed by atoms with Gasteiger partial charge in [0.15, 0.2) is 11.5 Å². The molecule has 0 unspecified atom stereocenters. The number of hydrogen-bond acceptors (Lipinski definition) is 2. The quantitative estimate of drug-likeness (QED) is 0.170. The topological polar surface area (TPSA) is 40.5 Å². The van der Waals surface area contributed by atoms with E-state index < -0.39 is 0 Å². The molecule has 0 heterocycles. The van der Waals surface area contributed by atoms with Crippen molar-refractivity contribution in [1.82, 2.24) is 0 Å². The van der Waals surface area contributed by atoms with Gasteiger partial charge in [-0.25, -0.2) is 0 Å². The second kappa shape index (κ2) is 13.5. The van der Waals surface area contributed by atoms with Crippen molar-refractivity contribution < 1.29 is 10.2 Å². The third-order valence-electron chi connectivity index (χ3n) is 9.32. The van der Waals surface area contributed by atoms with E-state index >= 15 is 0 Å². The molecule has 8 rings (SSSR count). The van der Waals surface area contributed by atoms with E-state index in [9.17, 15) is 10.2 Å². The maximum atomic E-state index is 12.5. The van der Waals surface area contributed by atoms with Crippen molar-refractivity contribution in [3.8, 4) is 89.4 Å². The number of rotatable bonds is 7. The molecular weight excluding hydrogens is 609 g/mol. The minimum absolute atomic E-state index is 0.155. The fourth-order valence-electron chi connectivity index (χ4n) is 7.14. The summed E-state index contributed by atoms with van der Waals surface area (Å²) in [5.41, 5.74) is 12.6. The van der Waals surface area contributed by atoms with Gasteiger partial charge < -0.3 is 10.2 Å². The fourth-order valence-corrected chi connectivity index (χ4v) is 7.14. The lowest BCUT2D eigenvalue weighted by molar-refractivity contribution is 0.407. The van der Waals surface area contributed by atoms with Crippen molar-refractivity contribution in [2.45, 2.75) is 0 Å². The van der Waals surface area contributed by atoms with Crippen LogP contribution in [0.1, 0.15) is 0 Å². The van der Waals surface area contributed by atoms with E-state index in [2.05, 4.69) is 97.1 Å². The van der Waals surface area contributed by atoms with Crippen LogP contribution in [0.3, 0.4) is 0 Å². The summed E-state index contributed by atoms with van der Waals surface area (Å²) in [6, 6.07) is 65.7. The van der Waals surface area contributed by atoms with Crippen LogP contribution in [0.5, 0.6) is 11.5 Å². The van der Waals surface area contributed by atoms with E-state index in [1.54, 1.807) is 0 Å². The summed E-state index contributed by atoms with van der Waals surface area (Å²) in [6.07, 6.45) is 0. The molecule has 2 N–H and O–H groups in total. The summed E-state index contributed by atoms with van der Waals surface area (Å²) < 4.78 is 0. The van der Waals surface area contributed by atoms with E-state index in [0.29, 0.717) is 11.1 Å². The molecule has 0 aliphatic heterocycles. The fraction of sp³-hybridized carbons (Fsp3) is 0. The highest BCUT2D eigenvalue weighted by atomic mass is 16.3. The molecule has 50 heavy (non-hydrogen) atoms. The Balaban J connectivity index is 1.59. The van der Waals surface area contributed by atoms with Gasteiger partial charge in [0.25, 0.3) is 0 Å². The Labute approximate surface area is 292 Å². The second-order valence-electron chi connectivity index (χ2n) is 12.3. The first-order valence-electron chi connectivity index (χ1n) is 16.8. The molecular formula is C48H34O2. The van der Waals surface area contributed by atoms with E-state index in [0.717, 1.165) is 66.8 Å². The number of phenolic OH excluding ortho intramolecular Hbond substituents is 2. The SMILES string of the molecule is Oc1c(O)c(-c2ccc(-c3ccccc3)c(-c3ccccc3)c2-c2ccccc2)c(-c2ccccc2)c(-c2ccccc2)c1-c1ccccc1. The van der Waals surface area contributed by atoms with Crippen LogP contribution in [0.15, 0.2) is 194 Å². The van der Waals surface area contributed by atoms with Crippen LogP contribution in [0.2, 0.25) is 0 Å². The van der Waals surface area contributed by atoms with Crippen LogP contribution in [0.4, 0.5) is 0 Å². The van der Waals surface area contributed by atoms with Crippen molar-refractivity contribution in [1.29, 1.82) is 0 Å². The lowest BCUT2D eigenvalue weighted by Crippen LogP contribution is -1.99. The first-order valence-corrected chi connectivity index (χ1v) is 16.8. The molecule has 2 nitrogen and oxygen atoms in total. The van der Waals surface area contributed by atoms with Gasteiger partial charge in [-0.15, -0.1) is 0 Å². The van der Waals surface area contributed by atoms with Crippen molar-refractivity contribution in [2.24, 2.45) is 0 Å². The van der Waals surface area contributed by atoms with Gasteiger partial charge in [0.1, 0.15) is 0 Å². The third kappa shape index (κ3) is 5.53. The molecule has 0 saturated carbocycles. The number of phenols is 2. The monoisotopic (exact) mass is 642 g/mol. The average molecular weight is 643 g/mol. The van der Waals surface area contributed by atoms with Crippen LogP contribution in [0.25, 0.3) is 77.9 Å². The Bertz CT molecular complexity index is 2390. The second-order valence-corrected chi connectivity index (χ2v) is 12.3. The van der Waals surface area contributed by atoms with Crippen LogP contribution in [-0.4, -0.2) is 10.2 Å². The highest BCUT2D eigenvalue weighted by Crippen LogP contribution is 2.58. The van der Waals surface area contributed by atoms with Crippen molar-refractivity contribution >= 4 is 0 Å². The van der Waals surface area contributed by atoms with Crippen LogP contribution < -0.4 is 0 Å². The molecule has 0 aliphatic carbocycles. The van der Waals surface area contributed by atoms with Crippen LogP contribution >= 0.6 is 0 Å². The zero-order chi connectivity index (χ0) is 33.9. The highest BCUT2D eigenvalue weighted by Gasteiger charge is 2.30. The van der Waals surface area contributed by atoms with Gasteiger partial charge in [-0.3, -0.25) is 0 Å².